The number of hydrogen-bond acceptors (Lipinski definition) is 2. The van der Waals surface area contributed by atoms with Crippen molar-refractivity contribution in [2.75, 3.05) is 0 Å². The van der Waals surface area contributed by atoms with Gasteiger partial charge in [0.2, 0.25) is 0 Å². The Morgan fingerprint density at radius 3 is 2.71 bits per heavy atom. The third-order valence-electron chi connectivity index (χ3n) is 1.89. The second-order valence-corrected chi connectivity index (χ2v) is 3.42. The first kappa shape index (κ1) is 10.5. The SMILES string of the molecule is Cc1nn(C(C)C)cc1/C=C/C(=O)O. The number of aliphatic carboxylic acids is 1. The number of carboxylic acids is 1. The van der Waals surface area contributed by atoms with Gasteiger partial charge in [0.05, 0.1) is 5.69 Å². The van der Waals surface area contributed by atoms with Crippen LogP contribution in [0.2, 0.25) is 0 Å². The number of nitrogens with zero attached hydrogens (tertiary/aromatic N) is 2. The normalized spacial score (nSPS) is 11.4. The van der Waals surface area contributed by atoms with Gasteiger partial charge < -0.3 is 5.11 Å². The number of carbonyl (C=O) groups is 1. The monoisotopic (exact) mass is 194 g/mol. The molecule has 0 aliphatic rings. The molecule has 0 bridgehead atoms. The Labute approximate surface area is 82.9 Å². The molecule has 0 fully saturated rings. The molecular formula is C10H14N2O2. The van der Waals surface area contributed by atoms with Crippen LogP contribution in [0, 0.1) is 6.92 Å². The molecule has 0 radical (unpaired) electrons. The summed E-state index contributed by atoms with van der Waals surface area (Å²) in [4.78, 5) is 10.3. The Bertz CT molecular complexity index is 364. The highest BCUT2D eigenvalue weighted by Gasteiger charge is 2.04. The van der Waals surface area contributed by atoms with E-state index in [-0.39, 0.29) is 0 Å². The van der Waals surface area contributed by atoms with Crippen molar-refractivity contribution in [3.05, 3.63) is 23.5 Å². The Morgan fingerprint density at radius 1 is 1.64 bits per heavy atom. The van der Waals surface area contributed by atoms with Gasteiger partial charge in [-0.15, -0.1) is 0 Å². The molecule has 0 aliphatic carbocycles. The first-order valence-corrected chi connectivity index (χ1v) is 4.47. The maximum atomic E-state index is 10.3. The fourth-order valence-corrected chi connectivity index (χ4v) is 1.08. The molecular weight excluding hydrogens is 180 g/mol. The average Bonchev–Trinajstić information content (AvgIpc) is 2.43. The minimum atomic E-state index is -0.943. The smallest absolute Gasteiger partial charge is 0.328 e. The maximum absolute atomic E-state index is 10.3. The summed E-state index contributed by atoms with van der Waals surface area (Å²) in [5.41, 5.74) is 1.69. The Hall–Kier alpha value is -1.58. The zero-order valence-corrected chi connectivity index (χ0v) is 8.56. The summed E-state index contributed by atoms with van der Waals surface area (Å²) in [7, 11) is 0. The molecule has 0 saturated heterocycles. The molecule has 1 N–H and O–H groups in total. The molecule has 4 heteroatoms. The van der Waals surface area contributed by atoms with Crippen molar-refractivity contribution in [2.45, 2.75) is 26.8 Å². The summed E-state index contributed by atoms with van der Waals surface area (Å²) < 4.78 is 1.82. The van der Waals surface area contributed by atoms with Crippen LogP contribution in [-0.2, 0) is 4.79 Å². The van der Waals surface area contributed by atoms with Gasteiger partial charge in [-0.2, -0.15) is 5.10 Å². The largest absolute Gasteiger partial charge is 0.478 e. The number of aryl methyl sites for hydroxylation is 1. The fourth-order valence-electron chi connectivity index (χ4n) is 1.08. The zero-order chi connectivity index (χ0) is 10.7. The highest BCUT2D eigenvalue weighted by Crippen LogP contribution is 2.11. The van der Waals surface area contributed by atoms with Crippen molar-refractivity contribution in [3.63, 3.8) is 0 Å². The standard InChI is InChI=1S/C10H14N2O2/c1-7(2)12-6-9(8(3)11-12)4-5-10(13)14/h4-7H,1-3H3,(H,13,14)/b5-4+. The quantitative estimate of drug-likeness (QED) is 0.747. The van der Waals surface area contributed by atoms with Gasteiger partial charge in [0.15, 0.2) is 0 Å². The summed E-state index contributed by atoms with van der Waals surface area (Å²) >= 11 is 0. The van der Waals surface area contributed by atoms with Gasteiger partial charge in [0.25, 0.3) is 0 Å². The van der Waals surface area contributed by atoms with E-state index in [0.29, 0.717) is 6.04 Å². The van der Waals surface area contributed by atoms with Crippen LogP contribution in [0.4, 0.5) is 0 Å². The highest BCUT2D eigenvalue weighted by atomic mass is 16.4. The van der Waals surface area contributed by atoms with Crippen molar-refractivity contribution in [1.82, 2.24) is 9.78 Å². The van der Waals surface area contributed by atoms with Crippen LogP contribution in [0.5, 0.6) is 0 Å². The Morgan fingerprint density at radius 2 is 2.29 bits per heavy atom. The molecule has 0 spiro atoms. The van der Waals surface area contributed by atoms with E-state index in [9.17, 15) is 4.79 Å². The van der Waals surface area contributed by atoms with E-state index in [1.54, 1.807) is 6.08 Å². The number of carboxylic acid groups (broad SMARTS) is 1. The van der Waals surface area contributed by atoms with Crippen LogP contribution in [0.3, 0.4) is 0 Å². The van der Waals surface area contributed by atoms with Gasteiger partial charge in [-0.3, -0.25) is 4.68 Å². The van der Waals surface area contributed by atoms with Crippen LogP contribution in [0.15, 0.2) is 12.3 Å². The van der Waals surface area contributed by atoms with Crippen LogP contribution in [0.1, 0.15) is 31.1 Å². The number of hydrogen-bond donors (Lipinski definition) is 1. The molecule has 14 heavy (non-hydrogen) atoms. The minimum Gasteiger partial charge on any atom is -0.478 e. The fraction of sp³-hybridized carbons (Fsp3) is 0.400. The molecule has 0 aliphatic heterocycles. The van der Waals surface area contributed by atoms with Crippen LogP contribution >= 0.6 is 0 Å². The van der Waals surface area contributed by atoms with E-state index >= 15 is 0 Å². The molecule has 0 saturated carbocycles. The van der Waals surface area contributed by atoms with E-state index in [2.05, 4.69) is 5.10 Å². The third kappa shape index (κ3) is 2.45. The molecule has 76 valence electrons. The van der Waals surface area contributed by atoms with Gasteiger partial charge in [-0.1, -0.05) is 0 Å². The van der Waals surface area contributed by atoms with Crippen molar-refractivity contribution in [2.24, 2.45) is 0 Å². The number of aromatic nitrogens is 2. The lowest BCUT2D eigenvalue weighted by molar-refractivity contribution is -0.131. The van der Waals surface area contributed by atoms with Crippen LogP contribution in [0.25, 0.3) is 6.08 Å². The van der Waals surface area contributed by atoms with E-state index < -0.39 is 5.97 Å². The average molecular weight is 194 g/mol. The molecule has 0 unspecified atom stereocenters. The molecule has 4 nitrogen and oxygen atoms in total. The lowest BCUT2D eigenvalue weighted by atomic mass is 10.2. The van der Waals surface area contributed by atoms with E-state index in [0.717, 1.165) is 17.3 Å². The van der Waals surface area contributed by atoms with Crippen molar-refractivity contribution >= 4 is 12.0 Å². The molecule has 1 rings (SSSR count). The van der Waals surface area contributed by atoms with Crippen molar-refractivity contribution < 1.29 is 9.90 Å². The van der Waals surface area contributed by atoms with Gasteiger partial charge in [0.1, 0.15) is 0 Å². The zero-order valence-electron chi connectivity index (χ0n) is 8.56. The van der Waals surface area contributed by atoms with Gasteiger partial charge in [-0.05, 0) is 26.8 Å². The Balaban J connectivity index is 2.93. The van der Waals surface area contributed by atoms with Gasteiger partial charge in [-0.25, -0.2) is 4.79 Å². The summed E-state index contributed by atoms with van der Waals surface area (Å²) in [5, 5.41) is 12.7. The third-order valence-corrected chi connectivity index (χ3v) is 1.89. The van der Waals surface area contributed by atoms with Crippen molar-refractivity contribution in [1.29, 1.82) is 0 Å². The molecule has 0 atom stereocenters. The highest BCUT2D eigenvalue weighted by molar-refractivity contribution is 5.85. The number of rotatable bonds is 3. The van der Waals surface area contributed by atoms with Gasteiger partial charge in [0, 0.05) is 23.9 Å². The first-order chi connectivity index (χ1) is 6.50. The second kappa shape index (κ2) is 4.09. The molecule has 0 aromatic carbocycles. The molecule has 1 aromatic rings. The second-order valence-electron chi connectivity index (χ2n) is 3.42. The summed E-state index contributed by atoms with van der Waals surface area (Å²) in [6.45, 7) is 5.91. The van der Waals surface area contributed by atoms with E-state index in [1.807, 2.05) is 31.6 Å². The topological polar surface area (TPSA) is 55.1 Å². The molecule has 1 aromatic heterocycles. The van der Waals surface area contributed by atoms with Crippen LogP contribution < -0.4 is 0 Å². The van der Waals surface area contributed by atoms with Crippen molar-refractivity contribution in [3.8, 4) is 0 Å². The molecule has 1 heterocycles. The lowest BCUT2D eigenvalue weighted by Crippen LogP contribution is -2.00. The Kier molecular flexibility index (Phi) is 3.06. The first-order valence-electron chi connectivity index (χ1n) is 4.47. The summed E-state index contributed by atoms with van der Waals surface area (Å²) in [6.07, 6.45) is 4.53. The van der Waals surface area contributed by atoms with Gasteiger partial charge >= 0.3 is 5.97 Å². The van der Waals surface area contributed by atoms with Crippen LogP contribution in [-0.4, -0.2) is 20.9 Å². The van der Waals surface area contributed by atoms with E-state index in [1.165, 1.54) is 0 Å². The maximum Gasteiger partial charge on any atom is 0.328 e. The summed E-state index contributed by atoms with van der Waals surface area (Å²) in [6, 6.07) is 0.292. The predicted molar refractivity (Wildman–Crippen MR) is 54.0 cm³/mol. The van der Waals surface area contributed by atoms with E-state index in [4.69, 9.17) is 5.11 Å². The molecule has 0 amide bonds. The predicted octanol–water partition coefficient (Wildman–Crippen LogP) is 1.87. The summed E-state index contributed by atoms with van der Waals surface area (Å²) in [5.74, 6) is -0.943. The lowest BCUT2D eigenvalue weighted by Gasteiger charge is -2.02. The minimum absolute atomic E-state index is 0.292.